The number of aliphatic hydroxyl groups is 1. The van der Waals surface area contributed by atoms with E-state index in [0.29, 0.717) is 0 Å². The lowest BCUT2D eigenvalue weighted by atomic mass is 9.93. The summed E-state index contributed by atoms with van der Waals surface area (Å²) in [4.78, 5) is 2.58. The molecule has 1 aromatic carbocycles. The maximum atomic E-state index is 8.87. The van der Waals surface area contributed by atoms with Crippen molar-refractivity contribution in [1.29, 1.82) is 0 Å². The average Bonchev–Trinajstić information content (AvgIpc) is 2.52. The fourth-order valence-electron chi connectivity index (χ4n) is 3.08. The van der Waals surface area contributed by atoms with Gasteiger partial charge in [-0.3, -0.25) is 4.90 Å². The van der Waals surface area contributed by atoms with E-state index in [-0.39, 0.29) is 6.61 Å². The Balaban J connectivity index is 2.10. The molecule has 20 heavy (non-hydrogen) atoms. The Morgan fingerprint density at radius 1 is 1.20 bits per heavy atom. The van der Waals surface area contributed by atoms with E-state index in [1.807, 2.05) is 12.1 Å². The molecule has 1 saturated carbocycles. The third kappa shape index (κ3) is 4.10. The normalized spacial score (nSPS) is 15.9. The van der Waals surface area contributed by atoms with Gasteiger partial charge in [0.1, 0.15) is 6.61 Å². The van der Waals surface area contributed by atoms with Crippen LogP contribution in [0.3, 0.4) is 0 Å². The Morgan fingerprint density at radius 2 is 1.95 bits per heavy atom. The minimum atomic E-state index is -0.0749. The van der Waals surface area contributed by atoms with Gasteiger partial charge in [-0.05, 0) is 31.0 Å². The third-order valence-corrected chi connectivity index (χ3v) is 4.19. The molecule has 0 aromatic heterocycles. The van der Waals surface area contributed by atoms with E-state index in [4.69, 9.17) is 5.11 Å². The Morgan fingerprint density at radius 3 is 2.65 bits per heavy atom. The molecule has 1 aliphatic carbocycles. The molecular weight excluding hydrogens is 246 g/mol. The molecule has 0 spiro atoms. The second kappa shape index (κ2) is 8.09. The van der Waals surface area contributed by atoms with Gasteiger partial charge in [-0.1, -0.05) is 56.2 Å². The quantitative estimate of drug-likeness (QED) is 0.850. The van der Waals surface area contributed by atoms with Crippen molar-refractivity contribution in [2.75, 3.05) is 13.2 Å². The molecule has 0 aliphatic heterocycles. The molecule has 0 bridgehead atoms. The van der Waals surface area contributed by atoms with E-state index >= 15 is 0 Å². The van der Waals surface area contributed by atoms with Crippen LogP contribution in [0.2, 0.25) is 0 Å². The van der Waals surface area contributed by atoms with Crippen LogP contribution in [0.5, 0.6) is 0 Å². The zero-order valence-corrected chi connectivity index (χ0v) is 12.4. The molecule has 2 rings (SSSR count). The minimum Gasteiger partial charge on any atom is -0.384 e. The fourth-order valence-corrected chi connectivity index (χ4v) is 3.08. The summed E-state index contributed by atoms with van der Waals surface area (Å²) in [5.74, 6) is 5.83. The van der Waals surface area contributed by atoms with Gasteiger partial charge in [0.2, 0.25) is 0 Å². The highest BCUT2D eigenvalue weighted by Crippen LogP contribution is 2.24. The van der Waals surface area contributed by atoms with Crippen LogP contribution >= 0.6 is 0 Å². The number of rotatable bonds is 4. The predicted molar refractivity (Wildman–Crippen MR) is 83.4 cm³/mol. The number of nitrogens with zero attached hydrogens (tertiary/aromatic N) is 1. The van der Waals surface area contributed by atoms with Crippen molar-refractivity contribution in [2.45, 2.75) is 51.6 Å². The van der Waals surface area contributed by atoms with Crippen LogP contribution in [-0.4, -0.2) is 29.2 Å². The molecule has 0 saturated heterocycles. The molecule has 1 aliphatic rings. The third-order valence-electron chi connectivity index (χ3n) is 4.19. The molecule has 2 heteroatoms. The molecule has 2 nitrogen and oxygen atoms in total. The molecule has 1 fully saturated rings. The summed E-state index contributed by atoms with van der Waals surface area (Å²) < 4.78 is 0. The van der Waals surface area contributed by atoms with Crippen LogP contribution in [-0.2, 0) is 6.54 Å². The first-order valence-electron chi connectivity index (χ1n) is 7.76. The van der Waals surface area contributed by atoms with Gasteiger partial charge < -0.3 is 5.11 Å². The molecular formula is C18H25NO. The lowest BCUT2D eigenvalue weighted by Crippen LogP contribution is -2.36. The van der Waals surface area contributed by atoms with Crippen LogP contribution < -0.4 is 0 Å². The van der Waals surface area contributed by atoms with Crippen molar-refractivity contribution in [3.8, 4) is 11.8 Å². The SMILES string of the molecule is CCN(Cc1ccccc1C#CCO)C1CCCCC1. The second-order valence-electron chi connectivity index (χ2n) is 5.47. The van der Waals surface area contributed by atoms with Crippen molar-refractivity contribution in [3.05, 3.63) is 35.4 Å². The second-order valence-corrected chi connectivity index (χ2v) is 5.47. The van der Waals surface area contributed by atoms with Gasteiger partial charge in [-0.25, -0.2) is 0 Å². The Hall–Kier alpha value is -1.30. The fraction of sp³-hybridized carbons (Fsp3) is 0.556. The largest absolute Gasteiger partial charge is 0.384 e. The van der Waals surface area contributed by atoms with E-state index in [0.717, 1.165) is 24.7 Å². The molecule has 1 N–H and O–H groups in total. The van der Waals surface area contributed by atoms with Crippen molar-refractivity contribution >= 4 is 0 Å². The van der Waals surface area contributed by atoms with Gasteiger partial charge in [0, 0.05) is 18.2 Å². The lowest BCUT2D eigenvalue weighted by Gasteiger charge is -2.33. The number of benzene rings is 1. The monoisotopic (exact) mass is 271 g/mol. The highest BCUT2D eigenvalue weighted by molar-refractivity contribution is 5.41. The van der Waals surface area contributed by atoms with Gasteiger partial charge in [-0.2, -0.15) is 0 Å². The van der Waals surface area contributed by atoms with E-state index < -0.39 is 0 Å². The van der Waals surface area contributed by atoms with Crippen molar-refractivity contribution in [1.82, 2.24) is 4.90 Å². The predicted octanol–water partition coefficient (Wildman–Crippen LogP) is 3.19. The highest BCUT2D eigenvalue weighted by Gasteiger charge is 2.20. The molecule has 1 aromatic rings. The Kier molecular flexibility index (Phi) is 6.11. The topological polar surface area (TPSA) is 23.5 Å². The van der Waals surface area contributed by atoms with Gasteiger partial charge >= 0.3 is 0 Å². The van der Waals surface area contributed by atoms with E-state index in [1.165, 1.54) is 37.7 Å². The van der Waals surface area contributed by atoms with Gasteiger partial charge in [0.05, 0.1) is 0 Å². The maximum Gasteiger partial charge on any atom is 0.104 e. The smallest absolute Gasteiger partial charge is 0.104 e. The van der Waals surface area contributed by atoms with Gasteiger partial charge in [0.15, 0.2) is 0 Å². The summed E-state index contributed by atoms with van der Waals surface area (Å²) in [6.07, 6.45) is 6.80. The van der Waals surface area contributed by atoms with E-state index in [2.05, 4.69) is 35.8 Å². The van der Waals surface area contributed by atoms with Gasteiger partial charge in [0.25, 0.3) is 0 Å². The zero-order chi connectivity index (χ0) is 14.2. The van der Waals surface area contributed by atoms with Crippen LogP contribution in [0, 0.1) is 11.8 Å². The molecule has 0 atom stereocenters. The molecule has 0 amide bonds. The summed E-state index contributed by atoms with van der Waals surface area (Å²) in [5.41, 5.74) is 2.33. The summed E-state index contributed by atoms with van der Waals surface area (Å²) in [7, 11) is 0. The van der Waals surface area contributed by atoms with E-state index in [9.17, 15) is 0 Å². The lowest BCUT2D eigenvalue weighted by molar-refractivity contribution is 0.156. The molecule has 108 valence electrons. The molecule has 0 radical (unpaired) electrons. The van der Waals surface area contributed by atoms with Crippen molar-refractivity contribution in [2.24, 2.45) is 0 Å². The number of hydrogen-bond acceptors (Lipinski definition) is 2. The first-order valence-corrected chi connectivity index (χ1v) is 7.76. The van der Waals surface area contributed by atoms with Crippen LogP contribution in [0.25, 0.3) is 0 Å². The standard InChI is InChI=1S/C18H25NO/c1-2-19(18-12-4-3-5-13-18)15-17-10-7-6-9-16(17)11-8-14-20/h6-7,9-10,18,20H,2-5,12-15H2,1H3. The highest BCUT2D eigenvalue weighted by atomic mass is 16.2. The number of aliphatic hydroxyl groups excluding tert-OH is 1. The van der Waals surface area contributed by atoms with Crippen molar-refractivity contribution < 1.29 is 5.11 Å². The van der Waals surface area contributed by atoms with E-state index in [1.54, 1.807) is 0 Å². The van der Waals surface area contributed by atoms with Crippen LogP contribution in [0.1, 0.15) is 50.2 Å². The first-order chi connectivity index (χ1) is 9.85. The van der Waals surface area contributed by atoms with Crippen LogP contribution in [0.4, 0.5) is 0 Å². The summed E-state index contributed by atoms with van der Waals surface area (Å²) in [6, 6.07) is 9.03. The Bertz CT molecular complexity index is 466. The zero-order valence-electron chi connectivity index (χ0n) is 12.4. The van der Waals surface area contributed by atoms with Gasteiger partial charge in [-0.15, -0.1) is 0 Å². The van der Waals surface area contributed by atoms with Crippen LogP contribution in [0.15, 0.2) is 24.3 Å². The summed E-state index contributed by atoms with van der Waals surface area (Å²) in [5, 5.41) is 8.87. The molecule has 0 heterocycles. The maximum absolute atomic E-state index is 8.87. The molecule has 0 unspecified atom stereocenters. The summed E-state index contributed by atoms with van der Waals surface area (Å²) in [6.45, 7) is 4.23. The minimum absolute atomic E-state index is 0.0749. The van der Waals surface area contributed by atoms with Crippen molar-refractivity contribution in [3.63, 3.8) is 0 Å². The summed E-state index contributed by atoms with van der Waals surface area (Å²) >= 11 is 0. The number of hydrogen-bond donors (Lipinski definition) is 1. The Labute approximate surface area is 122 Å². The average molecular weight is 271 g/mol. The first kappa shape index (κ1) is 15.1.